The topological polar surface area (TPSA) is 12.0 Å². The van der Waals surface area contributed by atoms with Crippen LogP contribution in [0.3, 0.4) is 0 Å². The minimum absolute atomic E-state index is 0.107. The van der Waals surface area contributed by atoms with Gasteiger partial charge in [0.1, 0.15) is 0 Å². The van der Waals surface area contributed by atoms with Gasteiger partial charge in [0.05, 0.1) is 5.56 Å². The number of alkyl halides is 3. The van der Waals surface area contributed by atoms with E-state index < -0.39 is 11.7 Å². The lowest BCUT2D eigenvalue weighted by Crippen LogP contribution is -2.29. The molecule has 2 unspecified atom stereocenters. The fourth-order valence-corrected chi connectivity index (χ4v) is 3.36. The molecule has 0 aromatic heterocycles. The molecule has 4 heteroatoms. The molecule has 0 saturated heterocycles. The van der Waals surface area contributed by atoms with Crippen molar-refractivity contribution in [3.8, 4) is 0 Å². The van der Waals surface area contributed by atoms with Crippen molar-refractivity contribution in [3.63, 3.8) is 0 Å². The maximum atomic E-state index is 12.8. The zero-order chi connectivity index (χ0) is 15.5. The molecular formula is C17H24F3N. The first-order valence-electron chi connectivity index (χ1n) is 7.72. The van der Waals surface area contributed by atoms with E-state index in [0.29, 0.717) is 6.04 Å². The molecule has 1 aromatic carbocycles. The maximum Gasteiger partial charge on any atom is 0.416 e. The molecule has 1 nitrogen and oxygen atoms in total. The van der Waals surface area contributed by atoms with Crippen molar-refractivity contribution in [1.82, 2.24) is 5.32 Å². The summed E-state index contributed by atoms with van der Waals surface area (Å²) in [6.45, 7) is 5.36. The number of hydrogen-bond donors (Lipinski definition) is 1. The van der Waals surface area contributed by atoms with Crippen LogP contribution in [-0.4, -0.2) is 12.6 Å². The van der Waals surface area contributed by atoms with Gasteiger partial charge in [-0.1, -0.05) is 32.0 Å². The van der Waals surface area contributed by atoms with Crippen molar-refractivity contribution in [2.24, 2.45) is 5.41 Å². The zero-order valence-corrected chi connectivity index (χ0v) is 12.8. The summed E-state index contributed by atoms with van der Waals surface area (Å²) in [5.74, 6) is 0. The van der Waals surface area contributed by atoms with Gasteiger partial charge in [-0.25, -0.2) is 0 Å². The van der Waals surface area contributed by atoms with Crippen LogP contribution in [0.15, 0.2) is 24.3 Å². The lowest BCUT2D eigenvalue weighted by Gasteiger charge is -2.25. The average molecular weight is 299 g/mol. The van der Waals surface area contributed by atoms with Gasteiger partial charge in [0.25, 0.3) is 0 Å². The highest BCUT2D eigenvalue weighted by atomic mass is 19.4. The third kappa shape index (κ3) is 4.47. The van der Waals surface area contributed by atoms with Gasteiger partial charge >= 0.3 is 6.18 Å². The molecule has 118 valence electrons. The lowest BCUT2D eigenvalue weighted by atomic mass is 9.81. The summed E-state index contributed by atoms with van der Waals surface area (Å²) in [5.41, 5.74) is 0.362. The number of halogens is 3. The third-order valence-corrected chi connectivity index (χ3v) is 4.40. The fourth-order valence-electron chi connectivity index (χ4n) is 3.36. The van der Waals surface area contributed by atoms with Crippen molar-refractivity contribution < 1.29 is 13.2 Å². The molecule has 1 aliphatic carbocycles. The summed E-state index contributed by atoms with van der Waals surface area (Å²) >= 11 is 0. The van der Waals surface area contributed by atoms with Crippen LogP contribution in [0.4, 0.5) is 13.2 Å². The van der Waals surface area contributed by atoms with Gasteiger partial charge in [-0.05, 0) is 55.7 Å². The van der Waals surface area contributed by atoms with Gasteiger partial charge in [-0.2, -0.15) is 13.2 Å². The van der Waals surface area contributed by atoms with Gasteiger partial charge in [-0.15, -0.1) is 0 Å². The van der Waals surface area contributed by atoms with Crippen molar-refractivity contribution in [1.29, 1.82) is 0 Å². The minimum atomic E-state index is -4.25. The van der Waals surface area contributed by atoms with Crippen molar-refractivity contribution >= 4 is 0 Å². The molecule has 1 aliphatic rings. The quantitative estimate of drug-likeness (QED) is 0.823. The first-order valence-corrected chi connectivity index (χ1v) is 7.72. The molecule has 0 bridgehead atoms. The Morgan fingerprint density at radius 3 is 2.76 bits per heavy atom. The van der Waals surface area contributed by atoms with Gasteiger partial charge in [0.2, 0.25) is 0 Å². The van der Waals surface area contributed by atoms with Crippen molar-refractivity contribution in [2.45, 2.75) is 58.2 Å². The van der Waals surface area contributed by atoms with E-state index in [0.717, 1.165) is 50.3 Å². The molecule has 0 radical (unpaired) electrons. The van der Waals surface area contributed by atoms with Crippen LogP contribution < -0.4 is 5.32 Å². The Morgan fingerprint density at radius 1 is 1.33 bits per heavy atom. The zero-order valence-electron chi connectivity index (χ0n) is 12.8. The minimum Gasteiger partial charge on any atom is -0.314 e. The van der Waals surface area contributed by atoms with Crippen LogP contribution in [0.25, 0.3) is 0 Å². The van der Waals surface area contributed by atoms with Gasteiger partial charge in [0, 0.05) is 6.04 Å². The van der Waals surface area contributed by atoms with Crippen LogP contribution in [0.1, 0.15) is 50.7 Å². The fraction of sp³-hybridized carbons (Fsp3) is 0.647. The number of nitrogens with one attached hydrogen (secondary N) is 1. The van der Waals surface area contributed by atoms with E-state index in [2.05, 4.69) is 19.2 Å². The van der Waals surface area contributed by atoms with E-state index in [9.17, 15) is 13.2 Å². The summed E-state index contributed by atoms with van der Waals surface area (Å²) in [6.07, 6.45) is 0.823. The molecule has 0 aliphatic heterocycles. The van der Waals surface area contributed by atoms with E-state index in [4.69, 9.17) is 0 Å². The summed E-state index contributed by atoms with van der Waals surface area (Å²) in [4.78, 5) is 0. The Hall–Kier alpha value is -1.03. The van der Waals surface area contributed by atoms with Crippen LogP contribution in [0, 0.1) is 5.41 Å². The second kappa shape index (κ2) is 6.39. The highest BCUT2D eigenvalue weighted by Gasteiger charge is 2.35. The van der Waals surface area contributed by atoms with E-state index in [1.54, 1.807) is 0 Å². The van der Waals surface area contributed by atoms with E-state index in [1.807, 2.05) is 6.07 Å². The number of rotatable bonds is 5. The summed E-state index contributed by atoms with van der Waals surface area (Å²) in [6, 6.07) is 6.29. The van der Waals surface area contributed by atoms with E-state index >= 15 is 0 Å². The second-order valence-corrected chi connectivity index (χ2v) is 6.58. The first-order chi connectivity index (χ1) is 9.82. The van der Waals surface area contributed by atoms with E-state index in [1.165, 1.54) is 12.1 Å². The molecule has 0 heterocycles. The normalized spacial score (nSPS) is 26.2. The molecule has 21 heavy (non-hydrogen) atoms. The SMILES string of the molecule is CCCNC1CCC(C)(Cc2cccc(C(F)(F)F)c2)C1. The van der Waals surface area contributed by atoms with Crippen LogP contribution in [0.5, 0.6) is 0 Å². The highest BCUT2D eigenvalue weighted by Crippen LogP contribution is 2.41. The molecule has 2 rings (SSSR count). The molecule has 1 aromatic rings. The molecular weight excluding hydrogens is 275 g/mol. The maximum absolute atomic E-state index is 12.8. The molecule has 0 spiro atoms. The van der Waals surface area contributed by atoms with Crippen molar-refractivity contribution in [2.75, 3.05) is 6.54 Å². The van der Waals surface area contributed by atoms with Crippen LogP contribution in [-0.2, 0) is 12.6 Å². The molecule has 1 saturated carbocycles. The molecule has 2 atom stereocenters. The number of hydrogen-bond acceptors (Lipinski definition) is 1. The van der Waals surface area contributed by atoms with Crippen molar-refractivity contribution in [3.05, 3.63) is 35.4 Å². The number of benzene rings is 1. The highest BCUT2D eigenvalue weighted by molar-refractivity contribution is 5.26. The summed E-state index contributed by atoms with van der Waals surface area (Å²) < 4.78 is 38.3. The average Bonchev–Trinajstić information content (AvgIpc) is 2.77. The summed E-state index contributed by atoms with van der Waals surface area (Å²) in [7, 11) is 0. The Kier molecular flexibility index (Phi) is 4.97. The largest absolute Gasteiger partial charge is 0.416 e. The van der Waals surface area contributed by atoms with E-state index in [-0.39, 0.29) is 5.41 Å². The molecule has 1 fully saturated rings. The Balaban J connectivity index is 2.01. The first kappa shape index (κ1) is 16.3. The predicted molar refractivity (Wildman–Crippen MR) is 79.2 cm³/mol. The van der Waals surface area contributed by atoms with Gasteiger partial charge < -0.3 is 5.32 Å². The molecule has 0 amide bonds. The smallest absolute Gasteiger partial charge is 0.314 e. The predicted octanol–water partition coefficient (Wildman–Crippen LogP) is 4.81. The Morgan fingerprint density at radius 2 is 2.10 bits per heavy atom. The standard InChI is InChI=1S/C17H24F3N/c1-3-9-21-15-7-8-16(2,12-15)11-13-5-4-6-14(10-13)17(18,19)20/h4-6,10,15,21H,3,7-9,11-12H2,1-2H3. The van der Waals surface area contributed by atoms with Crippen LogP contribution >= 0.6 is 0 Å². The van der Waals surface area contributed by atoms with Gasteiger partial charge in [-0.3, -0.25) is 0 Å². The Bertz CT molecular complexity index is 469. The van der Waals surface area contributed by atoms with Crippen LogP contribution in [0.2, 0.25) is 0 Å². The third-order valence-electron chi connectivity index (χ3n) is 4.40. The van der Waals surface area contributed by atoms with Gasteiger partial charge in [0.15, 0.2) is 0 Å². The summed E-state index contributed by atoms with van der Waals surface area (Å²) in [5, 5.41) is 3.53. The molecule has 1 N–H and O–H groups in total. The second-order valence-electron chi connectivity index (χ2n) is 6.58. The Labute approximate surface area is 124 Å². The lowest BCUT2D eigenvalue weighted by molar-refractivity contribution is -0.137. The monoisotopic (exact) mass is 299 g/mol.